The minimum Gasteiger partial charge on any atom is -0.326 e. The zero-order valence-electron chi connectivity index (χ0n) is 11.5. The van der Waals surface area contributed by atoms with E-state index in [1.165, 1.54) is 29.8 Å². The van der Waals surface area contributed by atoms with Crippen molar-refractivity contribution in [3.05, 3.63) is 70.3 Å². The molecule has 0 aliphatic rings. The summed E-state index contributed by atoms with van der Waals surface area (Å²) in [7, 11) is 0. The number of nitro benzene ring substituents is 1. The number of hydrogen-bond acceptors (Lipinski definition) is 3. The number of rotatable bonds is 6. The van der Waals surface area contributed by atoms with Gasteiger partial charge >= 0.3 is 0 Å². The number of nitro groups is 1. The second kappa shape index (κ2) is 7.19. The van der Waals surface area contributed by atoms with E-state index < -0.39 is 4.92 Å². The van der Waals surface area contributed by atoms with Gasteiger partial charge in [-0.1, -0.05) is 30.3 Å². The molecule has 2 rings (SSSR count). The molecule has 0 saturated heterocycles. The lowest BCUT2D eigenvalue weighted by atomic mass is 10.1. The van der Waals surface area contributed by atoms with Gasteiger partial charge < -0.3 is 5.32 Å². The van der Waals surface area contributed by atoms with E-state index in [0.717, 1.165) is 12.8 Å². The Morgan fingerprint density at radius 2 is 1.71 bits per heavy atom. The molecule has 1 N–H and O–H groups in total. The second-order valence-corrected chi connectivity index (χ2v) is 4.69. The Kier molecular flexibility index (Phi) is 5.04. The van der Waals surface area contributed by atoms with Crippen molar-refractivity contribution in [2.75, 3.05) is 5.32 Å². The molecule has 0 radical (unpaired) electrons. The van der Waals surface area contributed by atoms with Crippen LogP contribution in [0, 0.1) is 10.1 Å². The highest BCUT2D eigenvalue weighted by molar-refractivity contribution is 5.90. The van der Waals surface area contributed by atoms with Crippen LogP contribution in [0.15, 0.2) is 54.6 Å². The minimum absolute atomic E-state index is 0.0112. The quantitative estimate of drug-likeness (QED) is 0.651. The molecule has 0 bridgehead atoms. The number of amides is 1. The molecule has 1 amide bonds. The Hall–Kier alpha value is -2.69. The van der Waals surface area contributed by atoms with Gasteiger partial charge in [0.15, 0.2) is 0 Å². The number of nitrogens with one attached hydrogen (secondary N) is 1. The van der Waals surface area contributed by atoms with Crippen LogP contribution in [0.4, 0.5) is 11.4 Å². The Morgan fingerprint density at radius 3 is 2.33 bits per heavy atom. The molecule has 0 aliphatic carbocycles. The van der Waals surface area contributed by atoms with Gasteiger partial charge in [0.05, 0.1) is 4.92 Å². The Bertz CT molecular complexity index is 609. The van der Waals surface area contributed by atoms with Gasteiger partial charge in [-0.25, -0.2) is 0 Å². The Labute approximate surface area is 122 Å². The molecule has 0 aliphatic heterocycles. The van der Waals surface area contributed by atoms with Gasteiger partial charge in [0.2, 0.25) is 5.91 Å². The second-order valence-electron chi connectivity index (χ2n) is 4.69. The standard InChI is InChI=1S/C16H16N2O3/c19-16(8-4-7-13-5-2-1-3-6-13)17-14-9-11-15(12-10-14)18(20)21/h1-3,5-6,9-12H,4,7-8H2,(H,17,19). The number of non-ortho nitro benzene ring substituents is 1. The zero-order chi connectivity index (χ0) is 15.1. The molecule has 21 heavy (non-hydrogen) atoms. The van der Waals surface area contributed by atoms with E-state index in [9.17, 15) is 14.9 Å². The van der Waals surface area contributed by atoms with Crippen molar-refractivity contribution in [1.29, 1.82) is 0 Å². The third-order valence-corrected chi connectivity index (χ3v) is 3.07. The van der Waals surface area contributed by atoms with Crippen molar-refractivity contribution in [3.63, 3.8) is 0 Å². The fourth-order valence-electron chi connectivity index (χ4n) is 1.99. The van der Waals surface area contributed by atoms with Gasteiger partial charge in [0.1, 0.15) is 0 Å². The van der Waals surface area contributed by atoms with Crippen molar-refractivity contribution >= 4 is 17.3 Å². The number of hydrogen-bond donors (Lipinski definition) is 1. The average Bonchev–Trinajstić information content (AvgIpc) is 2.49. The molecule has 0 fully saturated rings. The molecule has 0 atom stereocenters. The van der Waals surface area contributed by atoms with Gasteiger partial charge in [-0.2, -0.15) is 0 Å². The summed E-state index contributed by atoms with van der Waals surface area (Å²) < 4.78 is 0. The zero-order valence-corrected chi connectivity index (χ0v) is 11.5. The number of carbonyl (C=O) groups excluding carboxylic acids is 1. The van der Waals surface area contributed by atoms with Crippen molar-refractivity contribution in [2.45, 2.75) is 19.3 Å². The van der Waals surface area contributed by atoms with Crippen LogP contribution in [0.5, 0.6) is 0 Å². The normalized spacial score (nSPS) is 10.1. The lowest BCUT2D eigenvalue weighted by Crippen LogP contribution is -2.11. The third-order valence-electron chi connectivity index (χ3n) is 3.07. The monoisotopic (exact) mass is 284 g/mol. The van der Waals surface area contributed by atoms with Gasteiger partial charge in [-0.05, 0) is 30.5 Å². The summed E-state index contributed by atoms with van der Waals surface area (Å²) in [5, 5.41) is 13.3. The molecule has 0 saturated carbocycles. The summed E-state index contributed by atoms with van der Waals surface area (Å²) in [6.45, 7) is 0. The first-order chi connectivity index (χ1) is 10.1. The van der Waals surface area contributed by atoms with Crippen molar-refractivity contribution in [3.8, 4) is 0 Å². The predicted molar refractivity (Wildman–Crippen MR) is 81.1 cm³/mol. The maximum absolute atomic E-state index is 11.8. The van der Waals surface area contributed by atoms with E-state index >= 15 is 0 Å². The first kappa shape index (κ1) is 14.7. The molecular weight excluding hydrogens is 268 g/mol. The highest BCUT2D eigenvalue weighted by Gasteiger charge is 2.06. The first-order valence-corrected chi connectivity index (χ1v) is 6.73. The van der Waals surface area contributed by atoms with Gasteiger partial charge in [0.25, 0.3) is 5.69 Å². The number of aryl methyl sites for hydroxylation is 1. The molecule has 5 heteroatoms. The molecule has 0 unspecified atom stereocenters. The maximum Gasteiger partial charge on any atom is 0.269 e. The third kappa shape index (κ3) is 4.72. The summed E-state index contributed by atoms with van der Waals surface area (Å²) in [5.41, 5.74) is 1.79. The SMILES string of the molecule is O=C(CCCc1ccccc1)Nc1ccc([N+](=O)[O-])cc1. The fraction of sp³-hybridized carbons (Fsp3) is 0.188. The van der Waals surface area contributed by atoms with Crippen LogP contribution in [0.2, 0.25) is 0 Å². The van der Waals surface area contributed by atoms with E-state index in [1.54, 1.807) is 0 Å². The topological polar surface area (TPSA) is 72.2 Å². The molecule has 108 valence electrons. The summed E-state index contributed by atoms with van der Waals surface area (Å²) in [5.74, 6) is -0.0835. The lowest BCUT2D eigenvalue weighted by Gasteiger charge is -2.05. The van der Waals surface area contributed by atoms with Crippen LogP contribution >= 0.6 is 0 Å². The molecular formula is C16H16N2O3. The van der Waals surface area contributed by atoms with Crippen molar-refractivity contribution in [2.24, 2.45) is 0 Å². The molecule has 2 aromatic rings. The Morgan fingerprint density at radius 1 is 1.05 bits per heavy atom. The van der Waals surface area contributed by atoms with Crippen LogP contribution in [-0.4, -0.2) is 10.8 Å². The highest BCUT2D eigenvalue weighted by atomic mass is 16.6. The van der Waals surface area contributed by atoms with Gasteiger partial charge in [-0.15, -0.1) is 0 Å². The van der Waals surface area contributed by atoms with E-state index in [-0.39, 0.29) is 11.6 Å². The van der Waals surface area contributed by atoms with Crippen LogP contribution in [0.1, 0.15) is 18.4 Å². The minimum atomic E-state index is -0.467. The van der Waals surface area contributed by atoms with Crippen LogP contribution < -0.4 is 5.32 Å². The summed E-state index contributed by atoms with van der Waals surface area (Å²) in [4.78, 5) is 21.8. The average molecular weight is 284 g/mol. The fourth-order valence-corrected chi connectivity index (χ4v) is 1.99. The van der Waals surface area contributed by atoms with E-state index in [2.05, 4.69) is 5.32 Å². The van der Waals surface area contributed by atoms with E-state index in [4.69, 9.17) is 0 Å². The highest BCUT2D eigenvalue weighted by Crippen LogP contribution is 2.15. The smallest absolute Gasteiger partial charge is 0.269 e. The van der Waals surface area contributed by atoms with Crippen molar-refractivity contribution in [1.82, 2.24) is 0 Å². The molecule has 0 aromatic heterocycles. The van der Waals surface area contributed by atoms with E-state index in [1.807, 2.05) is 30.3 Å². The van der Waals surface area contributed by atoms with Crippen LogP contribution in [0.3, 0.4) is 0 Å². The number of anilines is 1. The maximum atomic E-state index is 11.8. The molecule has 0 heterocycles. The summed E-state index contributed by atoms with van der Waals surface area (Å²) in [6.07, 6.45) is 2.04. The van der Waals surface area contributed by atoms with Crippen LogP contribution in [0.25, 0.3) is 0 Å². The predicted octanol–water partition coefficient (Wildman–Crippen LogP) is 3.56. The van der Waals surface area contributed by atoms with Gasteiger partial charge in [0, 0.05) is 24.2 Å². The molecule has 2 aromatic carbocycles. The first-order valence-electron chi connectivity index (χ1n) is 6.73. The van der Waals surface area contributed by atoms with Crippen LogP contribution in [-0.2, 0) is 11.2 Å². The summed E-state index contributed by atoms with van der Waals surface area (Å²) >= 11 is 0. The Balaban J connectivity index is 1.78. The van der Waals surface area contributed by atoms with E-state index in [0.29, 0.717) is 12.1 Å². The summed E-state index contributed by atoms with van der Waals surface area (Å²) in [6, 6.07) is 15.8. The number of nitrogens with zero attached hydrogens (tertiary/aromatic N) is 1. The molecule has 0 spiro atoms. The van der Waals surface area contributed by atoms with Crippen molar-refractivity contribution < 1.29 is 9.72 Å². The number of benzene rings is 2. The largest absolute Gasteiger partial charge is 0.326 e. The van der Waals surface area contributed by atoms with Gasteiger partial charge in [-0.3, -0.25) is 14.9 Å². The molecule has 5 nitrogen and oxygen atoms in total. The number of carbonyl (C=O) groups is 1. The lowest BCUT2D eigenvalue weighted by molar-refractivity contribution is -0.384.